The van der Waals surface area contributed by atoms with Crippen molar-refractivity contribution < 1.29 is 0 Å². The van der Waals surface area contributed by atoms with E-state index in [1.807, 2.05) is 0 Å². The van der Waals surface area contributed by atoms with E-state index in [0.29, 0.717) is 6.04 Å². The Labute approximate surface area is 111 Å². The second-order valence-corrected chi connectivity index (χ2v) is 5.66. The molecule has 1 heterocycles. The van der Waals surface area contributed by atoms with E-state index in [-0.39, 0.29) is 6.04 Å². The molecule has 1 fully saturated rings. The van der Waals surface area contributed by atoms with Gasteiger partial charge in [-0.2, -0.15) is 0 Å². The predicted octanol–water partition coefficient (Wildman–Crippen LogP) is 3.72. The fourth-order valence-corrected chi connectivity index (χ4v) is 2.85. The SMILES string of the molecule is CC[C@H](N)c1ccc(N2CCCC(C)C2C)cc1. The van der Waals surface area contributed by atoms with Gasteiger partial charge < -0.3 is 10.6 Å². The Bertz CT molecular complexity index is 371. The first-order chi connectivity index (χ1) is 8.63. The Hall–Kier alpha value is -1.02. The van der Waals surface area contributed by atoms with E-state index >= 15 is 0 Å². The van der Waals surface area contributed by atoms with Gasteiger partial charge in [-0.1, -0.05) is 26.0 Å². The number of hydrogen-bond donors (Lipinski definition) is 1. The molecule has 3 atom stereocenters. The number of hydrogen-bond acceptors (Lipinski definition) is 2. The first kappa shape index (κ1) is 13.4. The molecule has 1 aliphatic rings. The van der Waals surface area contributed by atoms with Gasteiger partial charge in [0.15, 0.2) is 0 Å². The molecule has 0 bridgehead atoms. The van der Waals surface area contributed by atoms with Crippen LogP contribution in [0.1, 0.15) is 51.6 Å². The van der Waals surface area contributed by atoms with E-state index in [2.05, 4.69) is 49.9 Å². The molecule has 1 saturated heterocycles. The van der Waals surface area contributed by atoms with Crippen molar-refractivity contribution in [3.8, 4) is 0 Å². The lowest BCUT2D eigenvalue weighted by Gasteiger charge is -2.39. The van der Waals surface area contributed by atoms with Crippen LogP contribution in [0, 0.1) is 5.92 Å². The van der Waals surface area contributed by atoms with Gasteiger partial charge in [0.1, 0.15) is 0 Å². The lowest BCUT2D eigenvalue weighted by atomic mass is 9.91. The van der Waals surface area contributed by atoms with Gasteiger partial charge in [-0.05, 0) is 49.8 Å². The topological polar surface area (TPSA) is 29.3 Å². The molecule has 0 aromatic heterocycles. The number of rotatable bonds is 3. The summed E-state index contributed by atoms with van der Waals surface area (Å²) in [5.41, 5.74) is 8.66. The zero-order chi connectivity index (χ0) is 13.1. The number of anilines is 1. The molecule has 0 amide bonds. The number of benzene rings is 1. The summed E-state index contributed by atoms with van der Waals surface area (Å²) in [5.74, 6) is 0.788. The maximum absolute atomic E-state index is 6.06. The summed E-state index contributed by atoms with van der Waals surface area (Å²) in [6.45, 7) is 8.02. The van der Waals surface area contributed by atoms with Crippen molar-refractivity contribution in [2.24, 2.45) is 11.7 Å². The molecule has 1 aliphatic heterocycles. The van der Waals surface area contributed by atoms with Crippen LogP contribution in [0.5, 0.6) is 0 Å². The molecular weight excluding hydrogens is 220 g/mol. The average molecular weight is 246 g/mol. The minimum Gasteiger partial charge on any atom is -0.369 e. The maximum Gasteiger partial charge on any atom is 0.0368 e. The molecule has 0 saturated carbocycles. The second-order valence-electron chi connectivity index (χ2n) is 5.66. The van der Waals surface area contributed by atoms with Crippen molar-refractivity contribution in [1.82, 2.24) is 0 Å². The fourth-order valence-electron chi connectivity index (χ4n) is 2.85. The van der Waals surface area contributed by atoms with Gasteiger partial charge in [-0.15, -0.1) is 0 Å². The number of nitrogens with zero attached hydrogens (tertiary/aromatic N) is 1. The van der Waals surface area contributed by atoms with Crippen molar-refractivity contribution >= 4 is 5.69 Å². The van der Waals surface area contributed by atoms with Crippen LogP contribution in [0.25, 0.3) is 0 Å². The average Bonchev–Trinajstić information content (AvgIpc) is 2.41. The number of piperidine rings is 1. The summed E-state index contributed by atoms with van der Waals surface area (Å²) in [6, 6.07) is 9.67. The summed E-state index contributed by atoms with van der Waals surface area (Å²) in [7, 11) is 0. The summed E-state index contributed by atoms with van der Waals surface area (Å²) in [4.78, 5) is 2.54. The van der Waals surface area contributed by atoms with Gasteiger partial charge >= 0.3 is 0 Å². The van der Waals surface area contributed by atoms with E-state index < -0.39 is 0 Å². The van der Waals surface area contributed by atoms with Crippen LogP contribution in [-0.2, 0) is 0 Å². The van der Waals surface area contributed by atoms with Gasteiger partial charge in [0.25, 0.3) is 0 Å². The largest absolute Gasteiger partial charge is 0.369 e. The highest BCUT2D eigenvalue weighted by Crippen LogP contribution is 2.29. The van der Waals surface area contributed by atoms with Gasteiger partial charge in [0, 0.05) is 24.3 Å². The van der Waals surface area contributed by atoms with Crippen molar-refractivity contribution in [2.75, 3.05) is 11.4 Å². The molecule has 18 heavy (non-hydrogen) atoms. The lowest BCUT2D eigenvalue weighted by molar-refractivity contribution is 0.363. The molecule has 2 rings (SSSR count). The van der Waals surface area contributed by atoms with E-state index in [1.165, 1.54) is 30.6 Å². The van der Waals surface area contributed by atoms with Crippen LogP contribution in [0.4, 0.5) is 5.69 Å². The number of nitrogens with two attached hydrogens (primary N) is 1. The third kappa shape index (κ3) is 2.69. The first-order valence-corrected chi connectivity index (χ1v) is 7.25. The molecule has 2 N–H and O–H groups in total. The Kier molecular flexibility index (Phi) is 4.28. The van der Waals surface area contributed by atoms with Gasteiger partial charge in [-0.25, -0.2) is 0 Å². The van der Waals surface area contributed by atoms with Crippen LogP contribution in [0.3, 0.4) is 0 Å². The molecule has 100 valence electrons. The highest BCUT2D eigenvalue weighted by Gasteiger charge is 2.24. The highest BCUT2D eigenvalue weighted by atomic mass is 15.2. The molecule has 1 aromatic rings. The zero-order valence-corrected chi connectivity index (χ0v) is 11.9. The van der Waals surface area contributed by atoms with Crippen LogP contribution < -0.4 is 10.6 Å². The van der Waals surface area contributed by atoms with Crippen molar-refractivity contribution in [2.45, 2.75) is 52.1 Å². The molecule has 0 aliphatic carbocycles. The molecule has 0 spiro atoms. The Morgan fingerprint density at radius 3 is 2.56 bits per heavy atom. The Balaban J connectivity index is 2.13. The second kappa shape index (κ2) is 5.75. The van der Waals surface area contributed by atoms with E-state index in [1.54, 1.807) is 0 Å². The molecule has 0 radical (unpaired) electrons. The quantitative estimate of drug-likeness (QED) is 0.880. The lowest BCUT2D eigenvalue weighted by Crippen LogP contribution is -2.42. The fraction of sp³-hybridized carbons (Fsp3) is 0.625. The van der Waals surface area contributed by atoms with Gasteiger partial charge in [0.05, 0.1) is 0 Å². The minimum atomic E-state index is 0.178. The van der Waals surface area contributed by atoms with Crippen molar-refractivity contribution in [3.63, 3.8) is 0 Å². The Morgan fingerprint density at radius 2 is 1.94 bits per heavy atom. The molecule has 2 unspecified atom stereocenters. The first-order valence-electron chi connectivity index (χ1n) is 7.25. The maximum atomic E-state index is 6.06. The molecule has 2 heteroatoms. The zero-order valence-electron chi connectivity index (χ0n) is 11.9. The van der Waals surface area contributed by atoms with Crippen LogP contribution in [0.2, 0.25) is 0 Å². The van der Waals surface area contributed by atoms with E-state index in [4.69, 9.17) is 5.73 Å². The third-order valence-electron chi connectivity index (χ3n) is 4.47. The van der Waals surface area contributed by atoms with Gasteiger partial charge in [-0.3, -0.25) is 0 Å². The minimum absolute atomic E-state index is 0.178. The monoisotopic (exact) mass is 246 g/mol. The third-order valence-corrected chi connectivity index (χ3v) is 4.47. The molecule has 2 nitrogen and oxygen atoms in total. The summed E-state index contributed by atoms with van der Waals surface area (Å²) in [5, 5.41) is 0. The van der Waals surface area contributed by atoms with E-state index in [0.717, 1.165) is 12.3 Å². The van der Waals surface area contributed by atoms with E-state index in [9.17, 15) is 0 Å². The normalized spacial score (nSPS) is 26.1. The summed E-state index contributed by atoms with van der Waals surface area (Å²) >= 11 is 0. The predicted molar refractivity (Wildman–Crippen MR) is 78.9 cm³/mol. The van der Waals surface area contributed by atoms with Crippen LogP contribution in [0.15, 0.2) is 24.3 Å². The summed E-state index contributed by atoms with van der Waals surface area (Å²) < 4.78 is 0. The van der Waals surface area contributed by atoms with Crippen LogP contribution in [-0.4, -0.2) is 12.6 Å². The molecule has 1 aromatic carbocycles. The molecular formula is C16H26N2. The van der Waals surface area contributed by atoms with Crippen molar-refractivity contribution in [1.29, 1.82) is 0 Å². The van der Waals surface area contributed by atoms with Crippen molar-refractivity contribution in [3.05, 3.63) is 29.8 Å². The smallest absolute Gasteiger partial charge is 0.0368 e. The van der Waals surface area contributed by atoms with Gasteiger partial charge in [0.2, 0.25) is 0 Å². The highest BCUT2D eigenvalue weighted by molar-refractivity contribution is 5.49. The standard InChI is InChI=1S/C16H26N2/c1-4-16(17)14-7-9-15(10-8-14)18-11-5-6-12(2)13(18)3/h7-10,12-13,16H,4-6,11,17H2,1-3H3/t12?,13?,16-/m0/s1. The van der Waals surface area contributed by atoms with Crippen LogP contribution >= 0.6 is 0 Å². The summed E-state index contributed by atoms with van der Waals surface area (Å²) in [6.07, 6.45) is 3.66. The Morgan fingerprint density at radius 1 is 1.28 bits per heavy atom.